The molecule has 0 rings (SSSR count). The largest absolute Gasteiger partial charge is 0.481 e. The number of hydrogen-bond acceptors (Lipinski definition) is 4. The predicted molar refractivity (Wildman–Crippen MR) is 58.6 cm³/mol. The van der Waals surface area contributed by atoms with E-state index in [-0.39, 0.29) is 13.0 Å². The van der Waals surface area contributed by atoms with E-state index < -0.39 is 34.6 Å². The average Bonchev–Trinajstić information content (AvgIpc) is 2.20. The van der Waals surface area contributed by atoms with E-state index in [0.29, 0.717) is 6.42 Å². The van der Waals surface area contributed by atoms with Crippen molar-refractivity contribution >= 4 is 22.1 Å². The molecular weight excluding hydrogens is 252 g/mol. The van der Waals surface area contributed by atoms with Gasteiger partial charge in [-0.2, -0.15) is 13.1 Å². The molecule has 0 aliphatic rings. The van der Waals surface area contributed by atoms with Crippen molar-refractivity contribution < 1.29 is 28.2 Å². The van der Waals surface area contributed by atoms with Gasteiger partial charge in [-0.25, -0.2) is 4.72 Å². The molecule has 0 radical (unpaired) electrons. The molecule has 4 N–H and O–H groups in total. The van der Waals surface area contributed by atoms with E-state index in [4.69, 9.17) is 10.2 Å². The summed E-state index contributed by atoms with van der Waals surface area (Å²) in [4.78, 5) is 21.0. The van der Waals surface area contributed by atoms with Crippen molar-refractivity contribution in [2.75, 3.05) is 6.54 Å². The second-order valence-corrected chi connectivity index (χ2v) is 4.87. The number of aliphatic carboxylic acids is 2. The van der Waals surface area contributed by atoms with Gasteiger partial charge in [-0.15, -0.1) is 0 Å². The molecule has 100 valence electrons. The van der Waals surface area contributed by atoms with E-state index >= 15 is 0 Å². The van der Waals surface area contributed by atoms with Gasteiger partial charge in [0.05, 0.1) is 0 Å². The molecular formula is C8H16N2O6S. The zero-order valence-corrected chi connectivity index (χ0v) is 10.2. The predicted octanol–water partition coefficient (Wildman–Crippen LogP) is -0.862. The molecule has 0 aromatic carbocycles. The third-order valence-electron chi connectivity index (χ3n) is 1.78. The molecule has 0 bridgehead atoms. The van der Waals surface area contributed by atoms with Crippen LogP contribution in [0.25, 0.3) is 0 Å². The molecule has 1 atom stereocenters. The molecule has 1 unspecified atom stereocenters. The Bertz CT molecular complexity index is 366. The lowest BCUT2D eigenvalue weighted by Crippen LogP contribution is -2.46. The third kappa shape index (κ3) is 7.66. The molecule has 0 heterocycles. The summed E-state index contributed by atoms with van der Waals surface area (Å²) in [6.45, 7) is 1.93. The fraction of sp³-hybridized carbons (Fsp3) is 0.750. The summed E-state index contributed by atoms with van der Waals surface area (Å²) in [6, 6.07) is -1.44. The van der Waals surface area contributed by atoms with E-state index in [2.05, 4.69) is 4.72 Å². The number of nitrogens with one attached hydrogen (secondary N) is 2. The lowest BCUT2D eigenvalue weighted by Gasteiger charge is -2.14. The number of carboxylic acids is 2. The summed E-state index contributed by atoms with van der Waals surface area (Å²) in [7, 11) is -3.91. The van der Waals surface area contributed by atoms with Crippen LogP contribution in [0.1, 0.15) is 26.2 Å². The van der Waals surface area contributed by atoms with E-state index in [9.17, 15) is 18.0 Å². The molecule has 0 spiro atoms. The van der Waals surface area contributed by atoms with Gasteiger partial charge in [0.1, 0.15) is 6.04 Å². The van der Waals surface area contributed by atoms with Crippen molar-refractivity contribution in [3.8, 4) is 0 Å². The topological polar surface area (TPSA) is 133 Å². The van der Waals surface area contributed by atoms with Crippen LogP contribution in [0, 0.1) is 0 Å². The standard InChI is InChI=1S/C8H16N2O6S/c1-2-5-9-17(15,16)10-6(8(13)14)3-4-7(11)12/h6,9-10H,2-5H2,1H3,(H,11,12)(H,13,14). The molecule has 0 saturated heterocycles. The normalized spacial score (nSPS) is 13.2. The van der Waals surface area contributed by atoms with E-state index in [0.717, 1.165) is 0 Å². The van der Waals surface area contributed by atoms with Crippen LogP contribution in [0.3, 0.4) is 0 Å². The first-order chi connectivity index (χ1) is 7.78. The van der Waals surface area contributed by atoms with Gasteiger partial charge in [-0.3, -0.25) is 9.59 Å². The van der Waals surface area contributed by atoms with Gasteiger partial charge in [-0.1, -0.05) is 6.92 Å². The fourth-order valence-corrected chi connectivity index (χ4v) is 2.12. The molecule has 9 heteroatoms. The van der Waals surface area contributed by atoms with Gasteiger partial charge in [0.25, 0.3) is 10.2 Å². The summed E-state index contributed by atoms with van der Waals surface area (Å²) in [5.41, 5.74) is 0. The van der Waals surface area contributed by atoms with Crippen LogP contribution in [0.15, 0.2) is 0 Å². The first-order valence-electron chi connectivity index (χ1n) is 5.00. The monoisotopic (exact) mass is 268 g/mol. The molecule has 0 amide bonds. The highest BCUT2D eigenvalue weighted by Crippen LogP contribution is 1.99. The highest BCUT2D eigenvalue weighted by molar-refractivity contribution is 7.87. The molecule has 17 heavy (non-hydrogen) atoms. The van der Waals surface area contributed by atoms with Crippen LogP contribution >= 0.6 is 0 Å². The van der Waals surface area contributed by atoms with Crippen molar-refractivity contribution in [3.05, 3.63) is 0 Å². The molecule has 0 aliphatic heterocycles. The van der Waals surface area contributed by atoms with Crippen LogP contribution in [-0.4, -0.2) is 43.2 Å². The Labute approximate surface area is 99.2 Å². The molecule has 0 saturated carbocycles. The summed E-state index contributed by atoms with van der Waals surface area (Å²) in [6.07, 6.45) is -0.168. The smallest absolute Gasteiger partial charge is 0.321 e. The van der Waals surface area contributed by atoms with Crippen molar-refractivity contribution in [1.82, 2.24) is 9.44 Å². The Morgan fingerprint density at radius 3 is 2.29 bits per heavy atom. The van der Waals surface area contributed by atoms with Crippen molar-refractivity contribution in [1.29, 1.82) is 0 Å². The van der Waals surface area contributed by atoms with E-state index in [1.165, 1.54) is 0 Å². The minimum atomic E-state index is -3.91. The van der Waals surface area contributed by atoms with Gasteiger partial charge < -0.3 is 10.2 Å². The number of rotatable bonds is 9. The van der Waals surface area contributed by atoms with Gasteiger partial charge in [-0.05, 0) is 12.8 Å². The maximum Gasteiger partial charge on any atom is 0.321 e. The molecule has 0 fully saturated rings. The maximum atomic E-state index is 11.3. The molecule has 0 aromatic rings. The van der Waals surface area contributed by atoms with Crippen molar-refractivity contribution in [2.45, 2.75) is 32.2 Å². The fourth-order valence-electron chi connectivity index (χ4n) is 0.966. The summed E-state index contributed by atoms with van der Waals surface area (Å²) in [5.74, 6) is -2.59. The van der Waals surface area contributed by atoms with Gasteiger partial charge in [0.15, 0.2) is 0 Å². The molecule has 0 aromatic heterocycles. The Morgan fingerprint density at radius 2 is 1.88 bits per heavy atom. The van der Waals surface area contributed by atoms with Crippen LogP contribution in [-0.2, 0) is 19.8 Å². The van der Waals surface area contributed by atoms with Gasteiger partial charge in [0, 0.05) is 13.0 Å². The highest BCUT2D eigenvalue weighted by atomic mass is 32.2. The van der Waals surface area contributed by atoms with Crippen LogP contribution in [0.2, 0.25) is 0 Å². The Kier molecular flexibility index (Phi) is 6.69. The minimum absolute atomic E-state index is 0.181. The Morgan fingerprint density at radius 1 is 1.29 bits per heavy atom. The summed E-state index contributed by atoms with van der Waals surface area (Å²) in [5, 5.41) is 17.1. The Hall–Kier alpha value is -1.19. The lowest BCUT2D eigenvalue weighted by molar-refractivity contribution is -0.140. The second-order valence-electron chi connectivity index (χ2n) is 3.34. The first-order valence-corrected chi connectivity index (χ1v) is 6.48. The lowest BCUT2D eigenvalue weighted by atomic mass is 10.2. The van der Waals surface area contributed by atoms with E-state index in [1.54, 1.807) is 6.92 Å². The molecule has 0 aliphatic carbocycles. The molecule has 8 nitrogen and oxygen atoms in total. The SMILES string of the molecule is CCCNS(=O)(=O)NC(CCC(=O)O)C(=O)O. The van der Waals surface area contributed by atoms with Crippen molar-refractivity contribution in [2.24, 2.45) is 0 Å². The number of hydrogen-bond donors (Lipinski definition) is 4. The van der Waals surface area contributed by atoms with Gasteiger partial charge in [0.2, 0.25) is 0 Å². The number of carboxylic acid groups (broad SMARTS) is 2. The Balaban J connectivity index is 4.43. The quantitative estimate of drug-likeness (QED) is 0.430. The first kappa shape index (κ1) is 15.8. The van der Waals surface area contributed by atoms with Crippen LogP contribution in [0.5, 0.6) is 0 Å². The average molecular weight is 268 g/mol. The van der Waals surface area contributed by atoms with Gasteiger partial charge >= 0.3 is 11.9 Å². The van der Waals surface area contributed by atoms with Crippen LogP contribution < -0.4 is 9.44 Å². The zero-order valence-electron chi connectivity index (χ0n) is 9.34. The minimum Gasteiger partial charge on any atom is -0.481 e. The number of carbonyl (C=O) groups is 2. The van der Waals surface area contributed by atoms with E-state index in [1.807, 2.05) is 4.72 Å². The highest BCUT2D eigenvalue weighted by Gasteiger charge is 2.24. The summed E-state index contributed by atoms with van der Waals surface area (Å²) >= 11 is 0. The van der Waals surface area contributed by atoms with Crippen LogP contribution in [0.4, 0.5) is 0 Å². The second kappa shape index (κ2) is 7.20. The summed E-state index contributed by atoms with van der Waals surface area (Å²) < 4.78 is 26.6. The zero-order chi connectivity index (χ0) is 13.5. The van der Waals surface area contributed by atoms with Crippen molar-refractivity contribution in [3.63, 3.8) is 0 Å². The maximum absolute atomic E-state index is 11.3. The third-order valence-corrected chi connectivity index (χ3v) is 2.96.